The second kappa shape index (κ2) is 8.13. The van der Waals surface area contributed by atoms with E-state index in [4.69, 9.17) is 5.73 Å². The molecule has 0 aromatic heterocycles. The first-order valence-corrected chi connectivity index (χ1v) is 4.67. The van der Waals surface area contributed by atoms with Gasteiger partial charge >= 0.3 is 51.4 Å². The average Bonchev–Trinajstić information content (AvgIpc) is 1.95. The van der Waals surface area contributed by atoms with Gasteiger partial charge in [-0.1, -0.05) is 26.6 Å². The Bertz CT molecular complexity index is 163. The molecule has 1 unspecified atom stereocenters. The molecule has 14 heavy (non-hydrogen) atoms. The minimum atomic E-state index is 0. The smallest absolute Gasteiger partial charge is 0.495 e. The predicted octanol–water partition coefficient (Wildman–Crippen LogP) is -0.834. The molecule has 0 aromatic rings. The normalized spacial score (nSPS) is 12.9. The van der Waals surface area contributed by atoms with Crippen LogP contribution in [0.15, 0.2) is 12.4 Å². The fourth-order valence-electron chi connectivity index (χ4n) is 1.04. The Kier molecular flexibility index (Phi) is 10.1. The number of hydrogen-bond acceptors (Lipinski definition) is 2. The summed E-state index contributed by atoms with van der Waals surface area (Å²) in [7, 11) is 1.89. The molecule has 0 heterocycles. The Morgan fingerprint density at radius 2 is 2.00 bits per heavy atom. The van der Waals surface area contributed by atoms with Gasteiger partial charge in [0.25, 0.3) is 0 Å². The van der Waals surface area contributed by atoms with E-state index >= 15 is 0 Å². The van der Waals surface area contributed by atoms with E-state index in [9.17, 15) is 0 Å². The Labute approximate surface area is 131 Å². The molecule has 0 aliphatic rings. The maximum atomic E-state index is 5.41. The van der Waals surface area contributed by atoms with Crippen LogP contribution in [0.25, 0.3) is 5.32 Å². The molecule has 0 fully saturated rings. The summed E-state index contributed by atoms with van der Waals surface area (Å²) in [5.74, 6) is 0.397. The van der Waals surface area contributed by atoms with Gasteiger partial charge in [0.2, 0.25) is 0 Å². The third-order valence-electron chi connectivity index (χ3n) is 1.82. The zero-order valence-corrected chi connectivity index (χ0v) is 13.3. The molecule has 3 nitrogen and oxygen atoms in total. The fourth-order valence-corrected chi connectivity index (χ4v) is 1.04. The molecule has 0 bridgehead atoms. The van der Waals surface area contributed by atoms with Crippen LogP contribution < -0.4 is 62.4 Å². The number of rotatable bonds is 5. The quantitative estimate of drug-likeness (QED) is 0.598. The van der Waals surface area contributed by atoms with Crippen molar-refractivity contribution >= 4 is 0 Å². The van der Waals surface area contributed by atoms with Gasteiger partial charge in [-0.25, -0.2) is 0 Å². The molecule has 0 spiro atoms. The van der Waals surface area contributed by atoms with Crippen molar-refractivity contribution in [2.24, 2.45) is 11.1 Å². The van der Waals surface area contributed by atoms with Crippen LogP contribution in [0, 0.1) is 5.41 Å². The van der Waals surface area contributed by atoms with Crippen LogP contribution in [-0.2, 0) is 0 Å². The summed E-state index contributed by atoms with van der Waals surface area (Å²) in [6, 6.07) is 0. The van der Waals surface area contributed by atoms with Crippen LogP contribution in [0.4, 0.5) is 0 Å². The van der Waals surface area contributed by atoms with Crippen LogP contribution >= 0.6 is 0 Å². The minimum Gasteiger partial charge on any atom is -0.495 e. The van der Waals surface area contributed by atoms with Crippen molar-refractivity contribution in [3.8, 4) is 0 Å². The number of hydrogen-bond donors (Lipinski definition) is 2. The van der Waals surface area contributed by atoms with E-state index in [1.54, 1.807) is 0 Å². The Morgan fingerprint density at radius 3 is 2.29 bits per heavy atom. The summed E-state index contributed by atoms with van der Waals surface area (Å²) in [6.45, 7) is 10.2. The van der Waals surface area contributed by atoms with Crippen molar-refractivity contribution < 1.29 is 51.4 Å². The van der Waals surface area contributed by atoms with Crippen molar-refractivity contribution in [1.29, 1.82) is 0 Å². The fraction of sp³-hybridized carbons (Fsp3) is 0.800. The van der Waals surface area contributed by atoms with E-state index in [-0.39, 0.29) is 57.6 Å². The van der Waals surface area contributed by atoms with Crippen molar-refractivity contribution in [1.82, 2.24) is 5.32 Å². The van der Waals surface area contributed by atoms with Gasteiger partial charge in [-0.3, -0.25) is 0 Å². The maximum Gasteiger partial charge on any atom is 1.00 e. The molecule has 0 aliphatic carbocycles. The van der Waals surface area contributed by atoms with Gasteiger partial charge in [-0.05, 0) is 25.3 Å². The maximum absolute atomic E-state index is 5.41. The van der Waals surface area contributed by atoms with E-state index in [1.807, 2.05) is 7.05 Å². The summed E-state index contributed by atoms with van der Waals surface area (Å²) in [6.07, 6.45) is 2.22. The summed E-state index contributed by atoms with van der Waals surface area (Å²) in [4.78, 5) is 0. The molecular weight excluding hydrogens is 201 g/mol. The summed E-state index contributed by atoms with van der Waals surface area (Å²) >= 11 is 0. The first-order valence-electron chi connectivity index (χ1n) is 4.67. The zero-order chi connectivity index (χ0) is 10.5. The first-order chi connectivity index (χ1) is 5.85. The summed E-state index contributed by atoms with van der Waals surface area (Å²) in [5.41, 5.74) is 5.75. The van der Waals surface area contributed by atoms with Crippen LogP contribution in [-0.4, -0.2) is 13.2 Å². The van der Waals surface area contributed by atoms with E-state index in [0.29, 0.717) is 11.2 Å². The molecule has 0 aromatic carbocycles. The molecule has 78 valence electrons. The molecule has 0 saturated carbocycles. The van der Waals surface area contributed by atoms with Crippen molar-refractivity contribution in [2.75, 3.05) is 7.05 Å². The van der Waals surface area contributed by atoms with Crippen LogP contribution in [0.5, 0.6) is 0 Å². The topological polar surface area (TPSA) is 52.2 Å². The molecule has 4 heteroatoms. The zero-order valence-electron chi connectivity index (χ0n) is 10.2. The molecule has 1 atom stereocenters. The van der Waals surface area contributed by atoms with Crippen molar-refractivity contribution in [3.63, 3.8) is 0 Å². The van der Waals surface area contributed by atoms with Crippen LogP contribution in [0.2, 0.25) is 0 Å². The Hall–Kier alpha value is 0.936. The van der Waals surface area contributed by atoms with Gasteiger partial charge in [0.05, 0.1) is 0 Å². The summed E-state index contributed by atoms with van der Waals surface area (Å²) in [5, 5.41) is 7.27. The van der Waals surface area contributed by atoms with Gasteiger partial charge in [0, 0.05) is 6.17 Å². The van der Waals surface area contributed by atoms with E-state index in [2.05, 4.69) is 38.0 Å². The minimum absolute atomic E-state index is 0. The number of nitrogens with zero attached hydrogens (tertiary/aromatic N) is 1. The Morgan fingerprint density at radius 1 is 1.50 bits per heavy atom. The van der Waals surface area contributed by atoms with Gasteiger partial charge in [-0.2, -0.15) is 0 Å². The molecule has 0 amide bonds. The number of nitrogens with one attached hydrogen (secondary N) is 1. The van der Waals surface area contributed by atoms with E-state index < -0.39 is 0 Å². The largest absolute Gasteiger partial charge is 1.00 e. The average molecular weight is 223 g/mol. The van der Waals surface area contributed by atoms with Crippen molar-refractivity contribution in [3.05, 3.63) is 17.7 Å². The van der Waals surface area contributed by atoms with Crippen LogP contribution in [0.1, 0.15) is 33.6 Å². The molecule has 0 saturated heterocycles. The molecule has 0 aliphatic heterocycles. The van der Waals surface area contributed by atoms with Crippen molar-refractivity contribution in [2.45, 2.75) is 39.8 Å². The monoisotopic (exact) mass is 223 g/mol. The standard InChI is InChI=1S/C10H22N3.K/c1-8(11)13-9(12-5)6-7-10(2,3)4;/h9,12H,1,6-7,11H2,2-5H3;/q-1;+1. The number of nitrogens with two attached hydrogens (primary N) is 1. The second-order valence-electron chi connectivity index (χ2n) is 4.52. The first kappa shape index (κ1) is 17.3. The molecular formula is C10H22KN3. The van der Waals surface area contributed by atoms with Gasteiger partial charge in [0.15, 0.2) is 0 Å². The van der Waals surface area contributed by atoms with Gasteiger partial charge in [-0.15, -0.1) is 6.58 Å². The SMILES string of the molecule is C=C(N)[N-]C(CCC(C)(C)C)NC.[K+]. The van der Waals surface area contributed by atoms with Crippen LogP contribution in [0.3, 0.4) is 0 Å². The van der Waals surface area contributed by atoms with Gasteiger partial charge < -0.3 is 16.4 Å². The molecule has 0 radical (unpaired) electrons. The van der Waals surface area contributed by atoms with Gasteiger partial charge in [0.1, 0.15) is 0 Å². The molecule has 0 rings (SSSR count). The third kappa shape index (κ3) is 11.0. The van der Waals surface area contributed by atoms with E-state index in [0.717, 1.165) is 12.8 Å². The molecule has 3 N–H and O–H groups in total. The summed E-state index contributed by atoms with van der Waals surface area (Å²) < 4.78 is 0. The third-order valence-corrected chi connectivity index (χ3v) is 1.82. The predicted molar refractivity (Wildman–Crippen MR) is 58.2 cm³/mol. The van der Waals surface area contributed by atoms with E-state index in [1.165, 1.54) is 0 Å². The second-order valence-corrected chi connectivity index (χ2v) is 4.52. The Balaban J connectivity index is 0.